The summed E-state index contributed by atoms with van der Waals surface area (Å²) >= 11 is 0. The summed E-state index contributed by atoms with van der Waals surface area (Å²) in [6.07, 6.45) is 3.21. The molecule has 0 aliphatic carbocycles. The number of hydrogen-bond acceptors (Lipinski definition) is 4. The van der Waals surface area contributed by atoms with Gasteiger partial charge in [0.25, 0.3) is 0 Å². The van der Waals surface area contributed by atoms with Gasteiger partial charge < -0.3 is 9.84 Å². The summed E-state index contributed by atoms with van der Waals surface area (Å²) in [4.78, 5) is 7.09. The van der Waals surface area contributed by atoms with E-state index in [1.165, 1.54) is 5.56 Å². The molecule has 5 rings (SSSR count). The minimum atomic E-state index is -0.831. The van der Waals surface area contributed by atoms with Gasteiger partial charge in [0.1, 0.15) is 0 Å². The Bertz CT molecular complexity index is 974. The maximum absolute atomic E-state index is 11.8. The highest BCUT2D eigenvalue weighted by atomic mass is 16.5. The highest BCUT2D eigenvalue weighted by Crippen LogP contribution is 2.43. The normalized spacial score (nSPS) is 27.8. The van der Waals surface area contributed by atoms with E-state index < -0.39 is 5.60 Å². The molecular formula is C24H26N2O2. The summed E-state index contributed by atoms with van der Waals surface area (Å²) in [6.45, 7) is 4.35. The molecule has 0 saturated carbocycles. The number of piperidine rings is 1. The first kappa shape index (κ1) is 17.8. The minimum absolute atomic E-state index is 0.219. The van der Waals surface area contributed by atoms with Gasteiger partial charge in [-0.05, 0) is 42.5 Å². The van der Waals surface area contributed by atoms with Crippen molar-refractivity contribution in [3.8, 4) is 0 Å². The lowest BCUT2D eigenvalue weighted by atomic mass is 9.75. The zero-order chi connectivity index (χ0) is 19.1. The van der Waals surface area contributed by atoms with Gasteiger partial charge in [0.15, 0.2) is 0 Å². The Hall–Kier alpha value is -2.27. The van der Waals surface area contributed by atoms with Crippen molar-refractivity contribution in [2.24, 2.45) is 0 Å². The smallest absolute Gasteiger partial charge is 0.0931 e. The van der Waals surface area contributed by atoms with Crippen LogP contribution >= 0.6 is 0 Å². The van der Waals surface area contributed by atoms with Crippen LogP contribution in [0.4, 0.5) is 0 Å². The van der Waals surface area contributed by atoms with Gasteiger partial charge in [-0.2, -0.15) is 0 Å². The van der Waals surface area contributed by atoms with Crippen LogP contribution in [0.1, 0.15) is 29.5 Å². The lowest BCUT2D eigenvalue weighted by Gasteiger charge is -2.52. The Balaban J connectivity index is 1.47. The predicted molar refractivity (Wildman–Crippen MR) is 110 cm³/mol. The van der Waals surface area contributed by atoms with Gasteiger partial charge in [0, 0.05) is 30.2 Å². The van der Waals surface area contributed by atoms with E-state index in [9.17, 15) is 5.11 Å². The molecule has 2 saturated heterocycles. The molecule has 4 heteroatoms. The molecule has 1 N–H and O–H groups in total. The Morgan fingerprint density at radius 2 is 1.79 bits per heavy atom. The second kappa shape index (κ2) is 6.96. The van der Waals surface area contributed by atoms with Crippen LogP contribution in [0.2, 0.25) is 0 Å². The molecule has 1 aromatic heterocycles. The lowest BCUT2D eigenvalue weighted by molar-refractivity contribution is -0.149. The third-order valence-corrected chi connectivity index (χ3v) is 6.44. The van der Waals surface area contributed by atoms with Gasteiger partial charge in [-0.3, -0.25) is 9.88 Å². The average molecular weight is 374 g/mol. The first-order chi connectivity index (χ1) is 13.6. The number of ether oxygens (including phenoxy) is 1. The minimum Gasteiger partial charge on any atom is -0.385 e. The number of aryl methyl sites for hydroxylation is 1. The Morgan fingerprint density at radius 3 is 2.54 bits per heavy atom. The molecule has 144 valence electrons. The van der Waals surface area contributed by atoms with Crippen LogP contribution in [0.5, 0.6) is 0 Å². The van der Waals surface area contributed by atoms with Crippen molar-refractivity contribution in [2.45, 2.75) is 44.0 Å². The standard InChI is InChI=1S/C24H26N2O2/c1-17-22(10-9-19-8-5-11-25-23(17)19)24(27)12-20-15-28-16-21(13-24)26(20)14-18-6-3-2-4-7-18/h2-11,20-21,27H,12-16H2,1H3. The molecule has 2 atom stereocenters. The SMILES string of the molecule is Cc1c(C2(O)CC3COCC(C2)N3Cc2ccccc2)ccc2cccnc12. The summed E-state index contributed by atoms with van der Waals surface area (Å²) in [5.74, 6) is 0. The maximum Gasteiger partial charge on any atom is 0.0931 e. The summed E-state index contributed by atoms with van der Waals surface area (Å²) in [5, 5.41) is 12.9. The van der Waals surface area contributed by atoms with E-state index in [-0.39, 0.29) is 12.1 Å². The van der Waals surface area contributed by atoms with Gasteiger partial charge in [-0.1, -0.05) is 48.5 Å². The Labute approximate surface area is 165 Å². The van der Waals surface area contributed by atoms with Gasteiger partial charge >= 0.3 is 0 Å². The fourth-order valence-electron chi connectivity index (χ4n) is 5.11. The third-order valence-electron chi connectivity index (χ3n) is 6.44. The van der Waals surface area contributed by atoms with E-state index in [1.807, 2.05) is 12.3 Å². The van der Waals surface area contributed by atoms with Crippen LogP contribution < -0.4 is 0 Å². The van der Waals surface area contributed by atoms with Crippen molar-refractivity contribution in [2.75, 3.05) is 13.2 Å². The summed E-state index contributed by atoms with van der Waals surface area (Å²) < 4.78 is 5.87. The number of fused-ring (bicyclic) bond motifs is 3. The van der Waals surface area contributed by atoms with Crippen molar-refractivity contribution in [3.63, 3.8) is 0 Å². The van der Waals surface area contributed by atoms with Gasteiger partial charge in [0.2, 0.25) is 0 Å². The zero-order valence-corrected chi connectivity index (χ0v) is 16.2. The van der Waals surface area contributed by atoms with Gasteiger partial charge in [0.05, 0.1) is 24.3 Å². The summed E-state index contributed by atoms with van der Waals surface area (Å²) in [6, 6.07) is 19.3. The maximum atomic E-state index is 11.8. The van der Waals surface area contributed by atoms with Crippen LogP contribution in [-0.2, 0) is 16.9 Å². The first-order valence-corrected chi connectivity index (χ1v) is 10.1. The van der Waals surface area contributed by atoms with E-state index >= 15 is 0 Å². The Morgan fingerprint density at radius 1 is 1.04 bits per heavy atom. The lowest BCUT2D eigenvalue weighted by Crippen LogP contribution is -2.60. The molecule has 2 aromatic carbocycles. The van der Waals surface area contributed by atoms with E-state index in [0.29, 0.717) is 26.1 Å². The second-order valence-electron chi connectivity index (χ2n) is 8.26. The van der Waals surface area contributed by atoms with E-state index in [2.05, 4.69) is 65.3 Å². The number of nitrogens with zero attached hydrogens (tertiary/aromatic N) is 2. The van der Waals surface area contributed by atoms with Crippen molar-refractivity contribution < 1.29 is 9.84 Å². The van der Waals surface area contributed by atoms with Crippen LogP contribution in [0.3, 0.4) is 0 Å². The number of morpholine rings is 1. The van der Waals surface area contributed by atoms with Gasteiger partial charge in [-0.15, -0.1) is 0 Å². The molecular weight excluding hydrogens is 348 g/mol. The number of pyridine rings is 1. The topological polar surface area (TPSA) is 45.6 Å². The summed E-state index contributed by atoms with van der Waals surface area (Å²) in [5.41, 5.74) is 3.59. The highest BCUT2D eigenvalue weighted by molar-refractivity contribution is 5.82. The highest BCUT2D eigenvalue weighted by Gasteiger charge is 2.47. The van der Waals surface area contributed by atoms with Crippen molar-refractivity contribution in [1.82, 2.24) is 9.88 Å². The van der Waals surface area contributed by atoms with Crippen molar-refractivity contribution in [3.05, 3.63) is 77.5 Å². The zero-order valence-electron chi connectivity index (χ0n) is 16.2. The quantitative estimate of drug-likeness (QED) is 0.758. The molecule has 2 bridgehead atoms. The number of aliphatic hydroxyl groups is 1. The molecule has 28 heavy (non-hydrogen) atoms. The van der Waals surface area contributed by atoms with E-state index in [4.69, 9.17) is 4.74 Å². The molecule has 2 fully saturated rings. The number of benzene rings is 2. The van der Waals surface area contributed by atoms with Crippen molar-refractivity contribution in [1.29, 1.82) is 0 Å². The largest absolute Gasteiger partial charge is 0.385 e. The van der Waals surface area contributed by atoms with Crippen LogP contribution in [0.25, 0.3) is 10.9 Å². The molecule has 2 unspecified atom stereocenters. The average Bonchev–Trinajstić information content (AvgIpc) is 2.70. The fourth-order valence-corrected chi connectivity index (χ4v) is 5.11. The monoisotopic (exact) mass is 374 g/mol. The van der Waals surface area contributed by atoms with Crippen LogP contribution in [0, 0.1) is 6.92 Å². The molecule has 4 nitrogen and oxygen atoms in total. The molecule has 3 heterocycles. The number of aromatic nitrogens is 1. The fraction of sp³-hybridized carbons (Fsp3) is 0.375. The summed E-state index contributed by atoms with van der Waals surface area (Å²) in [7, 11) is 0. The van der Waals surface area contributed by atoms with Crippen molar-refractivity contribution >= 4 is 10.9 Å². The van der Waals surface area contributed by atoms with E-state index in [1.54, 1.807) is 0 Å². The predicted octanol–water partition coefficient (Wildman–Crippen LogP) is 3.79. The first-order valence-electron chi connectivity index (χ1n) is 10.1. The number of rotatable bonds is 3. The third kappa shape index (κ3) is 3.02. The van der Waals surface area contributed by atoms with Crippen LogP contribution in [-0.4, -0.2) is 40.3 Å². The molecule has 0 spiro atoms. The number of hydrogen-bond donors (Lipinski definition) is 1. The van der Waals surface area contributed by atoms with Gasteiger partial charge in [-0.25, -0.2) is 0 Å². The molecule has 0 radical (unpaired) electrons. The van der Waals surface area contributed by atoms with Crippen LogP contribution in [0.15, 0.2) is 60.8 Å². The molecule has 3 aromatic rings. The molecule has 2 aliphatic heterocycles. The Kier molecular flexibility index (Phi) is 4.43. The van der Waals surface area contributed by atoms with E-state index in [0.717, 1.165) is 28.6 Å². The molecule has 2 aliphatic rings. The molecule has 0 amide bonds. The second-order valence-corrected chi connectivity index (χ2v) is 8.26.